The molecule has 1 aliphatic heterocycles. The second-order valence-electron chi connectivity index (χ2n) is 6.13. The van der Waals surface area contributed by atoms with Gasteiger partial charge in [-0.25, -0.2) is 4.68 Å². The van der Waals surface area contributed by atoms with Crippen molar-refractivity contribution in [2.75, 3.05) is 6.54 Å². The van der Waals surface area contributed by atoms with Crippen LogP contribution in [-0.2, 0) is 20.0 Å². The SMILES string of the molecule is CC(C)Oc1cncc(C(=O)N2CCc3nn(C)c(=O)cc3C2)c1. The summed E-state index contributed by atoms with van der Waals surface area (Å²) in [5.41, 5.74) is 1.99. The predicted octanol–water partition coefficient (Wildman–Crippen LogP) is 1.16. The van der Waals surface area contributed by atoms with Crippen LogP contribution in [-0.4, -0.2) is 38.2 Å². The molecule has 3 heterocycles. The van der Waals surface area contributed by atoms with Gasteiger partial charge in [-0.05, 0) is 19.9 Å². The van der Waals surface area contributed by atoms with Crippen LogP contribution in [0.2, 0.25) is 0 Å². The molecule has 7 nitrogen and oxygen atoms in total. The van der Waals surface area contributed by atoms with Crippen LogP contribution >= 0.6 is 0 Å². The molecular formula is C17H20N4O3. The minimum Gasteiger partial charge on any atom is -0.489 e. The van der Waals surface area contributed by atoms with Gasteiger partial charge in [-0.15, -0.1) is 0 Å². The highest BCUT2D eigenvalue weighted by molar-refractivity contribution is 5.94. The van der Waals surface area contributed by atoms with E-state index in [-0.39, 0.29) is 17.6 Å². The first-order valence-electron chi connectivity index (χ1n) is 7.91. The fourth-order valence-electron chi connectivity index (χ4n) is 2.72. The number of pyridine rings is 1. The van der Waals surface area contributed by atoms with Crippen molar-refractivity contribution in [2.45, 2.75) is 32.9 Å². The highest BCUT2D eigenvalue weighted by Gasteiger charge is 2.24. The zero-order chi connectivity index (χ0) is 17.3. The molecule has 0 N–H and O–H groups in total. The lowest BCUT2D eigenvalue weighted by molar-refractivity contribution is 0.0731. The normalized spacial score (nSPS) is 13.8. The first-order valence-corrected chi connectivity index (χ1v) is 7.91. The van der Waals surface area contributed by atoms with E-state index in [0.29, 0.717) is 30.8 Å². The number of carbonyl (C=O) groups is 1. The number of hydrogen-bond donors (Lipinski definition) is 0. The molecule has 0 radical (unpaired) electrons. The summed E-state index contributed by atoms with van der Waals surface area (Å²) in [6.45, 7) is 4.78. The summed E-state index contributed by atoms with van der Waals surface area (Å²) in [5.74, 6) is 0.451. The van der Waals surface area contributed by atoms with Crippen LogP contribution in [0.3, 0.4) is 0 Å². The molecule has 0 unspecified atom stereocenters. The molecule has 24 heavy (non-hydrogen) atoms. The molecule has 3 rings (SSSR count). The van der Waals surface area contributed by atoms with Crippen molar-refractivity contribution in [3.8, 4) is 5.75 Å². The summed E-state index contributed by atoms with van der Waals surface area (Å²) in [5, 5.41) is 4.26. The van der Waals surface area contributed by atoms with E-state index in [2.05, 4.69) is 10.1 Å². The van der Waals surface area contributed by atoms with E-state index in [9.17, 15) is 9.59 Å². The van der Waals surface area contributed by atoms with Crippen LogP contribution < -0.4 is 10.3 Å². The third-order valence-corrected chi connectivity index (χ3v) is 3.86. The lowest BCUT2D eigenvalue weighted by Crippen LogP contribution is -2.38. The maximum Gasteiger partial charge on any atom is 0.266 e. The van der Waals surface area contributed by atoms with Gasteiger partial charge >= 0.3 is 0 Å². The second kappa shape index (κ2) is 6.43. The zero-order valence-corrected chi connectivity index (χ0v) is 14.0. The predicted molar refractivity (Wildman–Crippen MR) is 87.9 cm³/mol. The lowest BCUT2D eigenvalue weighted by Gasteiger charge is -2.28. The third kappa shape index (κ3) is 3.29. The van der Waals surface area contributed by atoms with E-state index in [0.717, 1.165) is 11.3 Å². The first kappa shape index (κ1) is 16.2. The number of carbonyl (C=O) groups excluding carboxylic acids is 1. The minimum absolute atomic E-state index is 0.0151. The number of nitrogens with zero attached hydrogens (tertiary/aromatic N) is 4. The van der Waals surface area contributed by atoms with Crippen molar-refractivity contribution in [3.05, 3.63) is 51.7 Å². The smallest absolute Gasteiger partial charge is 0.266 e. The highest BCUT2D eigenvalue weighted by Crippen LogP contribution is 2.19. The maximum atomic E-state index is 12.7. The van der Waals surface area contributed by atoms with E-state index in [4.69, 9.17) is 4.74 Å². The fraction of sp³-hybridized carbons (Fsp3) is 0.412. The Morgan fingerprint density at radius 3 is 2.83 bits per heavy atom. The Hall–Kier alpha value is -2.70. The maximum absolute atomic E-state index is 12.7. The van der Waals surface area contributed by atoms with Gasteiger partial charge < -0.3 is 9.64 Å². The van der Waals surface area contributed by atoms with Crippen LogP contribution in [0.15, 0.2) is 29.3 Å². The van der Waals surface area contributed by atoms with Gasteiger partial charge in [0.25, 0.3) is 11.5 Å². The fourth-order valence-corrected chi connectivity index (χ4v) is 2.72. The first-order chi connectivity index (χ1) is 11.4. The van der Waals surface area contributed by atoms with Gasteiger partial charge in [0, 0.05) is 44.4 Å². The molecule has 0 bridgehead atoms. The van der Waals surface area contributed by atoms with Gasteiger partial charge in [0.1, 0.15) is 5.75 Å². The Bertz CT molecular complexity index is 829. The van der Waals surface area contributed by atoms with Crippen LogP contribution in [0.4, 0.5) is 0 Å². The average molecular weight is 328 g/mol. The number of hydrogen-bond acceptors (Lipinski definition) is 5. The van der Waals surface area contributed by atoms with Crippen LogP contribution in [0, 0.1) is 0 Å². The van der Waals surface area contributed by atoms with E-state index >= 15 is 0 Å². The van der Waals surface area contributed by atoms with Gasteiger partial charge in [0.2, 0.25) is 0 Å². The Labute approximate surface area is 139 Å². The molecule has 126 valence electrons. The van der Waals surface area contributed by atoms with E-state index in [1.807, 2.05) is 13.8 Å². The standard InChI is InChI=1S/C17H20N4O3/c1-11(2)24-14-6-12(8-18-9-14)17(23)21-5-4-15-13(10-21)7-16(22)20(3)19-15/h6-9,11H,4-5,10H2,1-3H3. The van der Waals surface area contributed by atoms with Crippen molar-refractivity contribution in [1.29, 1.82) is 0 Å². The summed E-state index contributed by atoms with van der Waals surface area (Å²) in [6, 6.07) is 3.26. The molecule has 0 saturated heterocycles. The average Bonchev–Trinajstić information content (AvgIpc) is 2.54. The lowest BCUT2D eigenvalue weighted by atomic mass is 10.1. The molecule has 0 spiro atoms. The Morgan fingerprint density at radius 2 is 2.08 bits per heavy atom. The molecule has 0 saturated carbocycles. The van der Waals surface area contributed by atoms with Crippen molar-refractivity contribution in [2.24, 2.45) is 7.05 Å². The van der Waals surface area contributed by atoms with Crippen molar-refractivity contribution >= 4 is 5.91 Å². The Kier molecular flexibility index (Phi) is 4.33. The summed E-state index contributed by atoms with van der Waals surface area (Å²) in [6.07, 6.45) is 3.77. The summed E-state index contributed by atoms with van der Waals surface area (Å²) in [4.78, 5) is 30.3. The molecule has 1 amide bonds. The Balaban J connectivity index is 1.81. The topological polar surface area (TPSA) is 77.3 Å². The number of aromatic nitrogens is 3. The van der Waals surface area contributed by atoms with Crippen molar-refractivity contribution in [3.63, 3.8) is 0 Å². The molecule has 7 heteroatoms. The van der Waals surface area contributed by atoms with Gasteiger partial charge in [-0.3, -0.25) is 14.6 Å². The third-order valence-electron chi connectivity index (χ3n) is 3.86. The van der Waals surface area contributed by atoms with Crippen molar-refractivity contribution in [1.82, 2.24) is 19.7 Å². The molecule has 2 aromatic rings. The zero-order valence-electron chi connectivity index (χ0n) is 14.0. The number of rotatable bonds is 3. The summed E-state index contributed by atoms with van der Waals surface area (Å²) < 4.78 is 6.92. The molecule has 0 atom stereocenters. The minimum atomic E-state index is -0.169. The molecule has 0 aromatic carbocycles. The van der Waals surface area contributed by atoms with Gasteiger partial charge in [0.15, 0.2) is 0 Å². The van der Waals surface area contributed by atoms with Gasteiger partial charge in [0.05, 0.1) is 23.6 Å². The second-order valence-corrected chi connectivity index (χ2v) is 6.13. The quantitative estimate of drug-likeness (QED) is 0.845. The largest absolute Gasteiger partial charge is 0.489 e. The van der Waals surface area contributed by atoms with E-state index < -0.39 is 0 Å². The molecule has 0 fully saturated rings. The van der Waals surface area contributed by atoms with E-state index in [1.165, 1.54) is 10.9 Å². The molecule has 2 aromatic heterocycles. The monoisotopic (exact) mass is 328 g/mol. The number of fused-ring (bicyclic) bond motifs is 1. The van der Waals surface area contributed by atoms with Gasteiger partial charge in [-0.2, -0.15) is 5.10 Å². The van der Waals surface area contributed by atoms with Crippen LogP contribution in [0.1, 0.15) is 35.5 Å². The Morgan fingerprint density at radius 1 is 1.29 bits per heavy atom. The van der Waals surface area contributed by atoms with Crippen LogP contribution in [0.5, 0.6) is 5.75 Å². The van der Waals surface area contributed by atoms with Gasteiger partial charge in [-0.1, -0.05) is 0 Å². The number of ether oxygens (including phenoxy) is 1. The number of amides is 1. The van der Waals surface area contributed by atoms with E-state index in [1.54, 1.807) is 30.3 Å². The molecule has 0 aliphatic carbocycles. The highest BCUT2D eigenvalue weighted by atomic mass is 16.5. The molecule has 1 aliphatic rings. The summed E-state index contributed by atoms with van der Waals surface area (Å²) >= 11 is 0. The number of aryl methyl sites for hydroxylation is 1. The summed E-state index contributed by atoms with van der Waals surface area (Å²) in [7, 11) is 1.63. The molecular weight excluding hydrogens is 308 g/mol. The van der Waals surface area contributed by atoms with Crippen molar-refractivity contribution < 1.29 is 9.53 Å². The van der Waals surface area contributed by atoms with Crippen LogP contribution in [0.25, 0.3) is 0 Å².